The third-order valence-corrected chi connectivity index (χ3v) is 3.93. The molecule has 0 aromatic carbocycles. The van der Waals surface area contributed by atoms with Gasteiger partial charge < -0.3 is 10.4 Å². The number of carbonyl (C=O) groups is 2. The fraction of sp³-hybridized carbons (Fsp3) is 0.833. The monoisotopic (exact) mass is 279 g/mol. The Morgan fingerprint density at radius 2 is 1.79 bits per heavy atom. The van der Waals surface area contributed by atoms with Crippen molar-refractivity contribution in [2.24, 2.45) is 17.8 Å². The number of hydrogen-bond donors (Lipinski definition) is 2. The molecule has 2 N–H and O–H groups in total. The first-order valence-electron chi connectivity index (χ1n) is 6.39. The Morgan fingerprint density at radius 3 is 2.32 bits per heavy atom. The zero-order valence-electron chi connectivity index (χ0n) is 10.2. The Bertz CT molecular complexity index is 383. The summed E-state index contributed by atoms with van der Waals surface area (Å²) in [6.45, 7) is 0. The maximum atomic E-state index is 12.6. The number of carboxylic acids is 1. The molecule has 0 aromatic rings. The highest BCUT2D eigenvalue weighted by Crippen LogP contribution is 2.40. The third kappa shape index (κ3) is 3.39. The topological polar surface area (TPSA) is 66.4 Å². The number of hydrogen-bond acceptors (Lipinski definition) is 2. The highest BCUT2D eigenvalue weighted by molar-refractivity contribution is 5.89. The summed E-state index contributed by atoms with van der Waals surface area (Å²) in [5.74, 6) is -4.02. The van der Waals surface area contributed by atoms with E-state index in [1.165, 1.54) is 0 Å². The first-order valence-corrected chi connectivity index (χ1v) is 6.39. The van der Waals surface area contributed by atoms with Crippen molar-refractivity contribution < 1.29 is 27.9 Å². The lowest BCUT2D eigenvalue weighted by molar-refractivity contribution is -0.184. The minimum Gasteiger partial charge on any atom is -0.481 e. The predicted molar refractivity (Wildman–Crippen MR) is 59.2 cm³/mol. The lowest BCUT2D eigenvalue weighted by Crippen LogP contribution is -2.42. The van der Waals surface area contributed by atoms with Crippen LogP contribution < -0.4 is 5.32 Å². The summed E-state index contributed by atoms with van der Waals surface area (Å²) in [5, 5.41) is 11.3. The number of nitrogens with one attached hydrogen (secondary N) is 1. The summed E-state index contributed by atoms with van der Waals surface area (Å²) in [7, 11) is 0. The number of alkyl halides is 3. The fourth-order valence-electron chi connectivity index (χ4n) is 2.68. The van der Waals surface area contributed by atoms with Crippen LogP contribution in [0.15, 0.2) is 0 Å². The molecule has 0 bridgehead atoms. The van der Waals surface area contributed by atoms with Gasteiger partial charge in [-0.05, 0) is 25.7 Å². The van der Waals surface area contributed by atoms with Crippen LogP contribution in [-0.2, 0) is 9.59 Å². The largest absolute Gasteiger partial charge is 0.481 e. The second-order valence-corrected chi connectivity index (χ2v) is 5.40. The molecule has 19 heavy (non-hydrogen) atoms. The molecule has 0 radical (unpaired) electrons. The van der Waals surface area contributed by atoms with Crippen molar-refractivity contribution in [1.82, 2.24) is 5.32 Å². The molecule has 4 nitrogen and oxygen atoms in total. The molecule has 1 amide bonds. The molecule has 0 aromatic heterocycles. The lowest BCUT2D eigenvalue weighted by Gasteiger charge is -2.31. The molecule has 2 fully saturated rings. The molecule has 0 aliphatic heterocycles. The fourth-order valence-corrected chi connectivity index (χ4v) is 2.68. The standard InChI is InChI=1S/C12H16F3NO3/c13-12(14,15)6-2-1-3-7(4-6)16-10(17)8-5-9(8)11(18)19/h6-9H,1-5H2,(H,16,17)(H,18,19)/t6-,7+,8+,9-/m1/s1. The Morgan fingerprint density at radius 1 is 1.11 bits per heavy atom. The molecule has 0 heterocycles. The second-order valence-electron chi connectivity index (χ2n) is 5.40. The van der Waals surface area contributed by atoms with Crippen molar-refractivity contribution in [2.45, 2.75) is 44.3 Å². The number of carbonyl (C=O) groups excluding carboxylic acids is 1. The summed E-state index contributed by atoms with van der Waals surface area (Å²) < 4.78 is 37.8. The van der Waals surface area contributed by atoms with Crippen LogP contribution in [0.25, 0.3) is 0 Å². The summed E-state index contributed by atoms with van der Waals surface area (Å²) in [6, 6.07) is -0.483. The van der Waals surface area contributed by atoms with Crippen LogP contribution in [0.5, 0.6) is 0 Å². The minimum atomic E-state index is -4.22. The number of halogens is 3. The van der Waals surface area contributed by atoms with E-state index in [4.69, 9.17) is 5.11 Å². The Kier molecular flexibility index (Phi) is 3.73. The summed E-state index contributed by atoms with van der Waals surface area (Å²) in [4.78, 5) is 22.3. The van der Waals surface area contributed by atoms with Crippen LogP contribution in [-0.4, -0.2) is 29.2 Å². The van der Waals surface area contributed by atoms with Gasteiger partial charge in [0.2, 0.25) is 5.91 Å². The summed E-state index contributed by atoms with van der Waals surface area (Å²) in [6.07, 6.45) is -2.95. The summed E-state index contributed by atoms with van der Waals surface area (Å²) >= 11 is 0. The maximum Gasteiger partial charge on any atom is 0.391 e. The Hall–Kier alpha value is -1.27. The van der Waals surface area contributed by atoms with E-state index in [0.29, 0.717) is 12.8 Å². The number of rotatable bonds is 3. The number of aliphatic carboxylic acids is 1. The van der Waals surface area contributed by atoms with Gasteiger partial charge in [0.05, 0.1) is 17.8 Å². The molecule has 2 saturated carbocycles. The van der Waals surface area contributed by atoms with Gasteiger partial charge in [-0.2, -0.15) is 13.2 Å². The molecular formula is C12H16F3NO3. The van der Waals surface area contributed by atoms with E-state index in [1.54, 1.807) is 0 Å². The molecule has 2 aliphatic rings. The van der Waals surface area contributed by atoms with Crippen LogP contribution in [0.3, 0.4) is 0 Å². The molecule has 0 unspecified atom stereocenters. The highest BCUT2D eigenvalue weighted by Gasteiger charge is 2.49. The minimum absolute atomic E-state index is 0.0975. The molecule has 0 saturated heterocycles. The number of amides is 1. The molecule has 4 atom stereocenters. The van der Waals surface area contributed by atoms with Gasteiger partial charge in [-0.3, -0.25) is 9.59 Å². The van der Waals surface area contributed by atoms with Gasteiger partial charge in [0.1, 0.15) is 0 Å². The van der Waals surface area contributed by atoms with Crippen molar-refractivity contribution in [2.75, 3.05) is 0 Å². The van der Waals surface area contributed by atoms with Gasteiger partial charge >= 0.3 is 12.1 Å². The highest BCUT2D eigenvalue weighted by atomic mass is 19.4. The Balaban J connectivity index is 1.83. The first kappa shape index (κ1) is 14.1. The SMILES string of the molecule is O=C(N[C@H]1CCC[C@@H](C(F)(F)F)C1)[C@H]1C[C@H]1C(=O)O. The molecule has 2 rings (SSSR count). The second kappa shape index (κ2) is 5.02. The van der Waals surface area contributed by atoms with Gasteiger partial charge in [-0.1, -0.05) is 6.42 Å². The average molecular weight is 279 g/mol. The molecular weight excluding hydrogens is 263 g/mol. The smallest absolute Gasteiger partial charge is 0.391 e. The van der Waals surface area contributed by atoms with Crippen molar-refractivity contribution in [1.29, 1.82) is 0 Å². The first-order chi connectivity index (χ1) is 8.79. The van der Waals surface area contributed by atoms with Crippen LogP contribution in [0, 0.1) is 17.8 Å². The average Bonchev–Trinajstić information content (AvgIpc) is 3.08. The van der Waals surface area contributed by atoms with E-state index >= 15 is 0 Å². The van der Waals surface area contributed by atoms with Gasteiger partial charge in [0, 0.05) is 6.04 Å². The Labute approximate surface area is 108 Å². The van der Waals surface area contributed by atoms with Crippen molar-refractivity contribution in [3.05, 3.63) is 0 Å². The van der Waals surface area contributed by atoms with E-state index in [2.05, 4.69) is 5.32 Å². The van der Waals surface area contributed by atoms with Crippen LogP contribution in [0.1, 0.15) is 32.1 Å². The van der Waals surface area contributed by atoms with Crippen molar-refractivity contribution >= 4 is 11.9 Å². The predicted octanol–water partition coefficient (Wildman–Crippen LogP) is 1.94. The summed E-state index contributed by atoms with van der Waals surface area (Å²) in [5.41, 5.74) is 0. The van der Waals surface area contributed by atoms with E-state index < -0.39 is 41.8 Å². The van der Waals surface area contributed by atoms with E-state index in [-0.39, 0.29) is 19.3 Å². The van der Waals surface area contributed by atoms with Gasteiger partial charge in [0.15, 0.2) is 0 Å². The van der Waals surface area contributed by atoms with E-state index in [0.717, 1.165) is 0 Å². The third-order valence-electron chi connectivity index (χ3n) is 3.93. The van der Waals surface area contributed by atoms with Crippen molar-refractivity contribution in [3.63, 3.8) is 0 Å². The van der Waals surface area contributed by atoms with Gasteiger partial charge in [0.25, 0.3) is 0 Å². The maximum absolute atomic E-state index is 12.6. The molecule has 2 aliphatic carbocycles. The number of carboxylic acid groups (broad SMARTS) is 1. The van der Waals surface area contributed by atoms with Crippen LogP contribution in [0.4, 0.5) is 13.2 Å². The zero-order chi connectivity index (χ0) is 14.2. The normalized spacial score (nSPS) is 34.7. The van der Waals surface area contributed by atoms with Crippen LogP contribution in [0.2, 0.25) is 0 Å². The van der Waals surface area contributed by atoms with Crippen molar-refractivity contribution in [3.8, 4) is 0 Å². The molecule has 7 heteroatoms. The zero-order valence-corrected chi connectivity index (χ0v) is 10.2. The lowest BCUT2D eigenvalue weighted by atomic mass is 9.85. The van der Waals surface area contributed by atoms with E-state index in [1.807, 2.05) is 0 Å². The molecule has 108 valence electrons. The van der Waals surface area contributed by atoms with Crippen LogP contribution >= 0.6 is 0 Å². The van der Waals surface area contributed by atoms with Gasteiger partial charge in [-0.15, -0.1) is 0 Å². The van der Waals surface area contributed by atoms with E-state index in [9.17, 15) is 22.8 Å². The molecule has 0 spiro atoms. The quantitative estimate of drug-likeness (QED) is 0.829. The van der Waals surface area contributed by atoms with Gasteiger partial charge in [-0.25, -0.2) is 0 Å².